The summed E-state index contributed by atoms with van der Waals surface area (Å²) >= 11 is 6.23. The van der Waals surface area contributed by atoms with E-state index in [0.717, 1.165) is 5.56 Å². The molecular weight excluding hydrogens is 422 g/mol. The number of rotatable bonds is 8. The lowest BCUT2D eigenvalue weighted by Gasteiger charge is -2.16. The van der Waals surface area contributed by atoms with Crippen molar-refractivity contribution in [1.82, 2.24) is 20.1 Å². The number of methoxy groups -OCH3 is 2. The number of pyridine rings is 1. The second-order valence-corrected chi connectivity index (χ2v) is 7.19. The Morgan fingerprint density at radius 1 is 1.26 bits per heavy atom. The molecule has 1 atom stereocenters. The van der Waals surface area contributed by atoms with E-state index in [0.29, 0.717) is 46.1 Å². The van der Waals surface area contributed by atoms with E-state index in [4.69, 9.17) is 16.3 Å². The molecular formula is C21H24ClN5O4. The number of nitrogens with zero attached hydrogens (tertiary/aromatic N) is 3. The second kappa shape index (κ2) is 9.65. The van der Waals surface area contributed by atoms with Gasteiger partial charge in [-0.2, -0.15) is 5.10 Å². The van der Waals surface area contributed by atoms with Crippen LogP contribution in [0.4, 0.5) is 5.69 Å². The summed E-state index contributed by atoms with van der Waals surface area (Å²) in [6.45, 7) is 4.54. The number of amides is 1. The number of nitrogens with one attached hydrogen (secondary N) is 2. The number of halogens is 1. The van der Waals surface area contributed by atoms with Crippen molar-refractivity contribution in [2.75, 3.05) is 19.5 Å². The predicted octanol–water partition coefficient (Wildman–Crippen LogP) is 3.02. The van der Waals surface area contributed by atoms with E-state index in [1.807, 2.05) is 13.0 Å². The Balaban J connectivity index is 1.95. The lowest BCUT2D eigenvalue weighted by molar-refractivity contribution is -0.142. The fourth-order valence-electron chi connectivity index (χ4n) is 3.14. The molecule has 0 radical (unpaired) electrons. The van der Waals surface area contributed by atoms with Crippen LogP contribution < -0.4 is 15.4 Å². The van der Waals surface area contributed by atoms with Crippen LogP contribution in [-0.4, -0.2) is 46.9 Å². The number of benzene rings is 1. The summed E-state index contributed by atoms with van der Waals surface area (Å²) in [5, 5.41) is 11.5. The lowest BCUT2D eigenvalue weighted by atomic mass is 10.1. The summed E-state index contributed by atoms with van der Waals surface area (Å²) in [5.74, 6) is -0.409. The van der Waals surface area contributed by atoms with Gasteiger partial charge in [-0.25, -0.2) is 14.5 Å². The maximum atomic E-state index is 12.9. The highest BCUT2D eigenvalue weighted by Gasteiger charge is 2.22. The molecule has 2 aromatic heterocycles. The van der Waals surface area contributed by atoms with Crippen molar-refractivity contribution >= 4 is 40.2 Å². The first-order valence-corrected chi connectivity index (χ1v) is 10.1. The van der Waals surface area contributed by atoms with Crippen LogP contribution in [0.3, 0.4) is 0 Å². The SMILES string of the molecule is CCn1ncc2c(NCc3ccc(OC)c(Cl)c3)c(C(=O)N[C@@H](C)C(=O)OC)cnc21. The van der Waals surface area contributed by atoms with E-state index >= 15 is 0 Å². The van der Waals surface area contributed by atoms with E-state index in [-0.39, 0.29) is 0 Å². The number of carbonyl (C=O) groups excluding carboxylic acids is 2. The standard InChI is InChI=1S/C21H24ClN5O4/c1-5-27-19-14(11-25-27)18(23-9-13-6-7-17(30-3)16(22)8-13)15(10-24-19)20(28)26-12(2)21(29)31-4/h6-8,10-12H,5,9H2,1-4H3,(H,23,24)(H,26,28)/t12-/m0/s1. The summed E-state index contributed by atoms with van der Waals surface area (Å²) in [4.78, 5) is 29.0. The Labute approximate surface area is 184 Å². The van der Waals surface area contributed by atoms with Gasteiger partial charge in [0.2, 0.25) is 0 Å². The van der Waals surface area contributed by atoms with Gasteiger partial charge in [0.05, 0.1) is 42.1 Å². The van der Waals surface area contributed by atoms with Crippen LogP contribution in [-0.2, 0) is 22.6 Å². The molecule has 164 valence electrons. The molecule has 2 heterocycles. The van der Waals surface area contributed by atoms with Crippen LogP contribution in [0.2, 0.25) is 5.02 Å². The molecule has 0 saturated carbocycles. The molecule has 0 fully saturated rings. The quantitative estimate of drug-likeness (QED) is 0.513. The maximum Gasteiger partial charge on any atom is 0.328 e. The second-order valence-electron chi connectivity index (χ2n) is 6.79. The van der Waals surface area contributed by atoms with Gasteiger partial charge in [0.1, 0.15) is 11.8 Å². The number of fused-ring (bicyclic) bond motifs is 1. The molecule has 1 amide bonds. The molecule has 31 heavy (non-hydrogen) atoms. The van der Waals surface area contributed by atoms with Gasteiger partial charge in [-0.05, 0) is 31.5 Å². The van der Waals surface area contributed by atoms with Gasteiger partial charge in [0.25, 0.3) is 5.91 Å². The van der Waals surface area contributed by atoms with Crippen molar-refractivity contribution in [3.63, 3.8) is 0 Å². The summed E-state index contributed by atoms with van der Waals surface area (Å²) < 4.78 is 11.6. The van der Waals surface area contributed by atoms with Crippen LogP contribution in [0.1, 0.15) is 29.8 Å². The molecule has 10 heteroatoms. The molecule has 3 aromatic rings. The summed E-state index contributed by atoms with van der Waals surface area (Å²) in [6, 6.07) is 4.65. The molecule has 0 aliphatic carbocycles. The Morgan fingerprint density at radius 3 is 2.68 bits per heavy atom. The van der Waals surface area contributed by atoms with Gasteiger partial charge < -0.3 is 20.1 Å². The van der Waals surface area contributed by atoms with E-state index in [1.54, 1.807) is 37.0 Å². The third-order valence-electron chi connectivity index (χ3n) is 4.80. The van der Waals surface area contributed by atoms with Crippen LogP contribution in [0.15, 0.2) is 30.6 Å². The first-order valence-electron chi connectivity index (χ1n) is 9.69. The monoisotopic (exact) mass is 445 g/mol. The molecule has 0 spiro atoms. The largest absolute Gasteiger partial charge is 0.495 e. The minimum absolute atomic E-state index is 0.290. The van der Waals surface area contributed by atoms with Crippen LogP contribution in [0.25, 0.3) is 11.0 Å². The number of hydrogen-bond donors (Lipinski definition) is 2. The molecule has 3 rings (SSSR count). The Kier molecular flexibility index (Phi) is 6.96. The minimum atomic E-state index is -0.806. The van der Waals surface area contributed by atoms with Crippen molar-refractivity contribution < 1.29 is 19.1 Å². The smallest absolute Gasteiger partial charge is 0.328 e. The average Bonchev–Trinajstić information content (AvgIpc) is 3.20. The van der Waals surface area contributed by atoms with E-state index in [2.05, 4.69) is 25.5 Å². The van der Waals surface area contributed by atoms with E-state index < -0.39 is 17.9 Å². The first kappa shape index (κ1) is 22.4. The molecule has 9 nitrogen and oxygen atoms in total. The number of anilines is 1. The zero-order chi connectivity index (χ0) is 22.5. The van der Waals surface area contributed by atoms with Gasteiger partial charge >= 0.3 is 5.97 Å². The summed E-state index contributed by atoms with van der Waals surface area (Å²) in [5.41, 5.74) is 2.40. The molecule has 0 saturated heterocycles. The lowest BCUT2D eigenvalue weighted by Crippen LogP contribution is -2.39. The van der Waals surface area contributed by atoms with E-state index in [1.165, 1.54) is 13.3 Å². The predicted molar refractivity (Wildman–Crippen MR) is 117 cm³/mol. The topological polar surface area (TPSA) is 107 Å². The first-order chi connectivity index (χ1) is 14.9. The van der Waals surface area contributed by atoms with Gasteiger partial charge in [-0.3, -0.25) is 4.79 Å². The zero-order valence-corrected chi connectivity index (χ0v) is 18.5. The Hall–Kier alpha value is -3.33. The number of carbonyl (C=O) groups is 2. The molecule has 0 unspecified atom stereocenters. The van der Waals surface area contributed by atoms with Crippen LogP contribution in [0.5, 0.6) is 5.75 Å². The van der Waals surface area contributed by atoms with Crippen molar-refractivity contribution in [3.8, 4) is 5.75 Å². The Bertz CT molecular complexity index is 1110. The molecule has 2 N–H and O–H groups in total. The van der Waals surface area contributed by atoms with E-state index in [9.17, 15) is 9.59 Å². The average molecular weight is 446 g/mol. The van der Waals surface area contributed by atoms with Gasteiger partial charge in [-0.1, -0.05) is 17.7 Å². The number of hydrogen-bond acceptors (Lipinski definition) is 7. The number of aromatic nitrogens is 3. The Morgan fingerprint density at radius 2 is 2.03 bits per heavy atom. The van der Waals surface area contributed by atoms with Gasteiger partial charge in [0, 0.05) is 19.3 Å². The van der Waals surface area contributed by atoms with Gasteiger partial charge in [0.15, 0.2) is 5.65 Å². The summed E-state index contributed by atoms with van der Waals surface area (Å²) in [7, 11) is 2.82. The molecule has 1 aromatic carbocycles. The number of aryl methyl sites for hydroxylation is 1. The highest BCUT2D eigenvalue weighted by Crippen LogP contribution is 2.28. The number of esters is 1. The van der Waals surface area contributed by atoms with Crippen molar-refractivity contribution in [3.05, 3.63) is 46.7 Å². The van der Waals surface area contributed by atoms with Crippen molar-refractivity contribution in [1.29, 1.82) is 0 Å². The highest BCUT2D eigenvalue weighted by atomic mass is 35.5. The zero-order valence-electron chi connectivity index (χ0n) is 17.7. The maximum absolute atomic E-state index is 12.9. The van der Waals surface area contributed by atoms with Crippen LogP contribution in [0, 0.1) is 0 Å². The molecule has 0 aliphatic rings. The minimum Gasteiger partial charge on any atom is -0.495 e. The third kappa shape index (κ3) is 4.72. The fraction of sp³-hybridized carbons (Fsp3) is 0.333. The van der Waals surface area contributed by atoms with Crippen molar-refractivity contribution in [2.45, 2.75) is 33.0 Å². The molecule has 0 aliphatic heterocycles. The molecule has 0 bridgehead atoms. The fourth-order valence-corrected chi connectivity index (χ4v) is 3.42. The third-order valence-corrected chi connectivity index (χ3v) is 5.09. The van der Waals surface area contributed by atoms with Crippen molar-refractivity contribution in [2.24, 2.45) is 0 Å². The normalized spacial score (nSPS) is 11.8. The van der Waals surface area contributed by atoms with Crippen LogP contribution >= 0.6 is 11.6 Å². The summed E-state index contributed by atoms with van der Waals surface area (Å²) in [6.07, 6.45) is 3.13. The highest BCUT2D eigenvalue weighted by molar-refractivity contribution is 6.32. The number of ether oxygens (including phenoxy) is 2. The van der Waals surface area contributed by atoms with Gasteiger partial charge in [-0.15, -0.1) is 0 Å².